The van der Waals surface area contributed by atoms with E-state index in [2.05, 4.69) is 16.4 Å². The third-order valence-corrected chi connectivity index (χ3v) is 6.17. The maximum Gasteiger partial charge on any atom is 0.267 e. The van der Waals surface area contributed by atoms with Gasteiger partial charge in [0.1, 0.15) is 0 Å². The van der Waals surface area contributed by atoms with Crippen LogP contribution in [0.1, 0.15) is 39.4 Å². The van der Waals surface area contributed by atoms with Crippen molar-refractivity contribution < 1.29 is 4.79 Å². The molecule has 0 aliphatic heterocycles. The molecule has 2 heterocycles. The molecule has 0 atom stereocenters. The Morgan fingerprint density at radius 1 is 1.09 bits per heavy atom. The van der Waals surface area contributed by atoms with Crippen LogP contribution in [0.15, 0.2) is 30.3 Å². The highest BCUT2D eigenvalue weighted by molar-refractivity contribution is 7.22. The van der Waals surface area contributed by atoms with E-state index in [1.54, 1.807) is 11.3 Å². The predicted octanol–water partition coefficient (Wildman–Crippen LogP) is 4.88. The first-order chi connectivity index (χ1) is 10.8. The van der Waals surface area contributed by atoms with Gasteiger partial charge in [-0.15, -0.1) is 11.3 Å². The first-order valence-electron chi connectivity index (χ1n) is 7.58. The summed E-state index contributed by atoms with van der Waals surface area (Å²) in [6.45, 7) is 0. The van der Waals surface area contributed by atoms with Crippen LogP contribution in [0.5, 0.6) is 0 Å². The average molecular weight is 328 g/mol. The molecule has 0 saturated heterocycles. The largest absolute Gasteiger partial charge is 0.297 e. The second kappa shape index (κ2) is 5.82. The molecule has 1 aromatic carbocycles. The number of anilines is 1. The van der Waals surface area contributed by atoms with Crippen molar-refractivity contribution in [1.82, 2.24) is 4.98 Å². The Hall–Kier alpha value is -1.72. The van der Waals surface area contributed by atoms with Gasteiger partial charge in [0.15, 0.2) is 5.13 Å². The van der Waals surface area contributed by atoms with Gasteiger partial charge in [-0.25, -0.2) is 4.98 Å². The SMILES string of the molecule is O=C(Nc1nc2ccccc2s1)c1cc2c(s1)CCCCC2. The third-order valence-electron chi connectivity index (χ3n) is 3.98. The Kier molecular flexibility index (Phi) is 3.68. The van der Waals surface area contributed by atoms with Crippen molar-refractivity contribution in [3.8, 4) is 0 Å². The fraction of sp³-hybridized carbons (Fsp3) is 0.294. The van der Waals surface area contributed by atoms with Crippen LogP contribution in [0.25, 0.3) is 10.2 Å². The lowest BCUT2D eigenvalue weighted by Crippen LogP contribution is -2.09. The van der Waals surface area contributed by atoms with Crippen LogP contribution in [0.3, 0.4) is 0 Å². The number of nitrogens with one attached hydrogen (secondary N) is 1. The maximum absolute atomic E-state index is 12.5. The summed E-state index contributed by atoms with van der Waals surface area (Å²) in [5.74, 6) is -0.0304. The second-order valence-corrected chi connectivity index (χ2v) is 7.73. The van der Waals surface area contributed by atoms with Gasteiger partial charge in [0, 0.05) is 4.88 Å². The van der Waals surface area contributed by atoms with Gasteiger partial charge in [0.05, 0.1) is 15.1 Å². The number of benzene rings is 1. The van der Waals surface area contributed by atoms with E-state index in [4.69, 9.17) is 0 Å². The van der Waals surface area contributed by atoms with Gasteiger partial charge < -0.3 is 0 Å². The number of thiophene rings is 1. The lowest BCUT2D eigenvalue weighted by molar-refractivity contribution is 0.103. The molecule has 2 aromatic heterocycles. The highest BCUT2D eigenvalue weighted by atomic mass is 32.1. The monoisotopic (exact) mass is 328 g/mol. The molecular formula is C17H16N2OS2. The number of rotatable bonds is 2. The first-order valence-corrected chi connectivity index (χ1v) is 9.21. The summed E-state index contributed by atoms with van der Waals surface area (Å²) in [7, 11) is 0. The van der Waals surface area contributed by atoms with Crippen molar-refractivity contribution in [2.24, 2.45) is 0 Å². The minimum atomic E-state index is -0.0304. The number of aryl methyl sites for hydroxylation is 2. The van der Waals surface area contributed by atoms with Crippen molar-refractivity contribution in [3.05, 3.63) is 45.6 Å². The lowest BCUT2D eigenvalue weighted by Gasteiger charge is -1.98. The molecule has 112 valence electrons. The average Bonchev–Trinajstić information content (AvgIpc) is 3.05. The van der Waals surface area contributed by atoms with Crippen LogP contribution in [0.4, 0.5) is 5.13 Å². The summed E-state index contributed by atoms with van der Waals surface area (Å²) in [5, 5.41) is 3.63. The van der Waals surface area contributed by atoms with E-state index in [9.17, 15) is 4.79 Å². The van der Waals surface area contributed by atoms with E-state index < -0.39 is 0 Å². The summed E-state index contributed by atoms with van der Waals surface area (Å²) in [6.07, 6.45) is 6.01. The van der Waals surface area contributed by atoms with Crippen molar-refractivity contribution in [1.29, 1.82) is 0 Å². The Labute approximate surface area is 137 Å². The van der Waals surface area contributed by atoms with Crippen molar-refractivity contribution in [3.63, 3.8) is 0 Å². The zero-order valence-corrected chi connectivity index (χ0v) is 13.7. The minimum absolute atomic E-state index is 0.0304. The van der Waals surface area contributed by atoms with E-state index in [-0.39, 0.29) is 5.91 Å². The number of carbonyl (C=O) groups excluding carboxylic acids is 1. The van der Waals surface area contributed by atoms with E-state index in [0.717, 1.165) is 27.9 Å². The maximum atomic E-state index is 12.5. The van der Waals surface area contributed by atoms with Crippen LogP contribution >= 0.6 is 22.7 Å². The van der Waals surface area contributed by atoms with E-state index in [1.807, 2.05) is 24.3 Å². The molecule has 1 aliphatic rings. The molecular weight excluding hydrogens is 312 g/mol. The van der Waals surface area contributed by atoms with Crippen LogP contribution in [0, 0.1) is 0 Å². The first kappa shape index (κ1) is 13.9. The number of hydrogen-bond acceptors (Lipinski definition) is 4. The molecule has 0 radical (unpaired) electrons. The van der Waals surface area contributed by atoms with Crippen LogP contribution in [-0.2, 0) is 12.8 Å². The number of fused-ring (bicyclic) bond motifs is 2. The number of nitrogens with zero attached hydrogens (tertiary/aromatic N) is 1. The number of hydrogen-bond donors (Lipinski definition) is 1. The van der Waals surface area contributed by atoms with E-state index in [0.29, 0.717) is 5.13 Å². The topological polar surface area (TPSA) is 42.0 Å². The molecule has 3 aromatic rings. The zero-order chi connectivity index (χ0) is 14.9. The molecule has 0 bridgehead atoms. The summed E-state index contributed by atoms with van der Waals surface area (Å²) < 4.78 is 1.10. The van der Waals surface area contributed by atoms with Gasteiger partial charge >= 0.3 is 0 Å². The van der Waals surface area contributed by atoms with Gasteiger partial charge in [0.2, 0.25) is 0 Å². The van der Waals surface area contributed by atoms with Crippen LogP contribution in [-0.4, -0.2) is 10.9 Å². The van der Waals surface area contributed by atoms with Gasteiger partial charge in [-0.2, -0.15) is 0 Å². The van der Waals surface area contributed by atoms with Gasteiger partial charge in [-0.1, -0.05) is 29.9 Å². The number of thiazole rings is 1. The summed E-state index contributed by atoms with van der Waals surface area (Å²) in [5.41, 5.74) is 2.31. The van der Waals surface area contributed by atoms with Crippen molar-refractivity contribution in [2.75, 3.05) is 5.32 Å². The smallest absolute Gasteiger partial charge is 0.267 e. The minimum Gasteiger partial charge on any atom is -0.297 e. The Bertz CT molecular complexity index is 778. The summed E-state index contributed by atoms with van der Waals surface area (Å²) >= 11 is 3.17. The predicted molar refractivity (Wildman–Crippen MR) is 93.2 cm³/mol. The molecule has 5 heteroatoms. The third kappa shape index (κ3) is 2.66. The molecule has 0 unspecified atom stereocenters. The highest BCUT2D eigenvalue weighted by Crippen LogP contribution is 2.30. The van der Waals surface area contributed by atoms with Gasteiger partial charge in [0.25, 0.3) is 5.91 Å². The standard InChI is InChI=1S/C17H16N2OS2/c20-16(15-10-11-6-2-1-3-8-13(11)21-15)19-17-18-12-7-4-5-9-14(12)22-17/h4-5,7,9-10H,1-3,6,8H2,(H,18,19,20). The second-order valence-electron chi connectivity index (χ2n) is 5.56. The summed E-state index contributed by atoms with van der Waals surface area (Å²) in [4.78, 5) is 19.1. The van der Waals surface area contributed by atoms with E-state index >= 15 is 0 Å². The number of aromatic nitrogens is 1. The lowest BCUT2D eigenvalue weighted by atomic mass is 10.1. The van der Waals surface area contributed by atoms with Crippen LogP contribution in [0.2, 0.25) is 0 Å². The Morgan fingerprint density at radius 3 is 2.86 bits per heavy atom. The number of amides is 1. The van der Waals surface area contributed by atoms with Crippen molar-refractivity contribution in [2.45, 2.75) is 32.1 Å². The van der Waals surface area contributed by atoms with E-state index in [1.165, 1.54) is 41.0 Å². The molecule has 1 aliphatic carbocycles. The van der Waals surface area contributed by atoms with Gasteiger partial charge in [-0.05, 0) is 49.4 Å². The molecule has 3 nitrogen and oxygen atoms in total. The Morgan fingerprint density at radius 2 is 1.95 bits per heavy atom. The molecule has 1 amide bonds. The zero-order valence-electron chi connectivity index (χ0n) is 12.1. The van der Waals surface area contributed by atoms with Gasteiger partial charge in [-0.3, -0.25) is 10.1 Å². The number of carbonyl (C=O) groups is 1. The number of para-hydroxylation sites is 1. The molecule has 4 rings (SSSR count). The fourth-order valence-corrected chi connectivity index (χ4v) is 4.87. The summed E-state index contributed by atoms with van der Waals surface area (Å²) in [6, 6.07) is 10.0. The fourth-order valence-electron chi connectivity index (χ4n) is 2.86. The van der Waals surface area contributed by atoms with Crippen molar-refractivity contribution >= 4 is 43.9 Å². The Balaban J connectivity index is 1.56. The molecule has 0 fully saturated rings. The molecule has 0 spiro atoms. The highest BCUT2D eigenvalue weighted by Gasteiger charge is 2.17. The quantitative estimate of drug-likeness (QED) is 0.681. The molecule has 22 heavy (non-hydrogen) atoms. The molecule has 0 saturated carbocycles. The normalized spacial score (nSPS) is 14.5. The molecule has 1 N–H and O–H groups in total. The van der Waals surface area contributed by atoms with Crippen LogP contribution < -0.4 is 5.32 Å².